The Hall–Kier alpha value is -2.16. The molecule has 25 heavy (non-hydrogen) atoms. The fourth-order valence-electron chi connectivity index (χ4n) is 1.99. The number of alkyl carbamates (subject to hydrolysis) is 1. The summed E-state index contributed by atoms with van der Waals surface area (Å²) in [6.45, 7) is 5.53. The van der Waals surface area contributed by atoms with Crippen molar-refractivity contribution in [3.05, 3.63) is 35.9 Å². The summed E-state index contributed by atoms with van der Waals surface area (Å²) in [7, 11) is 0. The maximum atomic E-state index is 11.8. The molecule has 0 aliphatic carbocycles. The molecule has 5 N–H and O–H groups in total. The Labute approximate surface area is 148 Å². The van der Waals surface area contributed by atoms with Crippen molar-refractivity contribution in [1.29, 1.82) is 0 Å². The molecule has 0 aliphatic rings. The normalized spacial score (nSPS) is 11.6. The highest BCUT2D eigenvalue weighted by Crippen LogP contribution is 2.03. The van der Waals surface area contributed by atoms with Gasteiger partial charge in [0.2, 0.25) is 6.29 Å². The van der Waals surface area contributed by atoms with Crippen molar-refractivity contribution >= 4 is 12.1 Å². The number of rotatable bonds is 12. The second-order valence-electron chi connectivity index (χ2n) is 5.34. The molecular weight excluding hydrogens is 324 g/mol. The molecule has 140 valence electrons. The van der Waals surface area contributed by atoms with E-state index in [1.807, 2.05) is 30.3 Å². The van der Waals surface area contributed by atoms with Crippen LogP contribution in [0.5, 0.6) is 0 Å². The van der Waals surface area contributed by atoms with Gasteiger partial charge in [0, 0.05) is 46.2 Å². The Balaban J connectivity index is 2.06. The van der Waals surface area contributed by atoms with Crippen molar-refractivity contribution < 1.29 is 19.1 Å². The summed E-state index contributed by atoms with van der Waals surface area (Å²) < 4.78 is 10.0. The van der Waals surface area contributed by atoms with Crippen molar-refractivity contribution in [2.45, 2.75) is 19.6 Å². The average molecular weight is 352 g/mol. The molecular formula is C17H28N4O4. The van der Waals surface area contributed by atoms with E-state index in [2.05, 4.69) is 16.0 Å². The van der Waals surface area contributed by atoms with Gasteiger partial charge in [-0.1, -0.05) is 30.3 Å². The molecule has 0 aliphatic heterocycles. The Morgan fingerprint density at radius 3 is 2.32 bits per heavy atom. The van der Waals surface area contributed by atoms with E-state index in [1.165, 1.54) is 6.92 Å². The molecule has 0 saturated heterocycles. The molecule has 0 aromatic heterocycles. The van der Waals surface area contributed by atoms with Crippen LogP contribution in [0.4, 0.5) is 4.79 Å². The predicted octanol–water partition coefficient (Wildman–Crippen LogP) is -0.0176. The monoisotopic (exact) mass is 352 g/mol. The lowest BCUT2D eigenvalue weighted by molar-refractivity contribution is -0.163. The minimum absolute atomic E-state index is 0.137. The van der Waals surface area contributed by atoms with Gasteiger partial charge >= 0.3 is 12.1 Å². The van der Waals surface area contributed by atoms with Crippen molar-refractivity contribution in [2.75, 3.05) is 39.3 Å². The van der Waals surface area contributed by atoms with Crippen LogP contribution >= 0.6 is 0 Å². The topological polar surface area (TPSA) is 115 Å². The zero-order valence-corrected chi connectivity index (χ0v) is 14.6. The quantitative estimate of drug-likeness (QED) is 0.237. The summed E-state index contributed by atoms with van der Waals surface area (Å²) in [6.07, 6.45) is -1.43. The van der Waals surface area contributed by atoms with Gasteiger partial charge in [-0.05, 0) is 5.56 Å². The van der Waals surface area contributed by atoms with Crippen LogP contribution in [-0.2, 0) is 20.7 Å². The first-order valence-electron chi connectivity index (χ1n) is 8.41. The maximum Gasteiger partial charge on any atom is 0.410 e. The van der Waals surface area contributed by atoms with Crippen LogP contribution in [0.25, 0.3) is 0 Å². The number of nitrogens with one attached hydrogen (secondary N) is 3. The third-order valence-corrected chi connectivity index (χ3v) is 3.13. The smallest absolute Gasteiger partial charge is 0.410 e. The van der Waals surface area contributed by atoms with Crippen molar-refractivity contribution in [2.24, 2.45) is 5.73 Å². The van der Waals surface area contributed by atoms with Gasteiger partial charge < -0.3 is 31.2 Å². The fourth-order valence-corrected chi connectivity index (χ4v) is 1.99. The number of ether oxygens (including phenoxy) is 2. The first kappa shape index (κ1) is 20.9. The third kappa shape index (κ3) is 11.1. The highest BCUT2D eigenvalue weighted by atomic mass is 16.7. The largest absolute Gasteiger partial charge is 0.425 e. The predicted molar refractivity (Wildman–Crippen MR) is 95.0 cm³/mol. The molecule has 0 unspecified atom stereocenters. The number of esters is 1. The van der Waals surface area contributed by atoms with Crippen molar-refractivity contribution in [3.8, 4) is 0 Å². The third-order valence-electron chi connectivity index (χ3n) is 3.13. The van der Waals surface area contributed by atoms with E-state index in [-0.39, 0.29) is 6.42 Å². The van der Waals surface area contributed by atoms with E-state index in [1.54, 1.807) is 0 Å². The number of carbonyl (C=O) groups excluding carboxylic acids is 2. The van der Waals surface area contributed by atoms with E-state index in [9.17, 15) is 9.59 Å². The highest BCUT2D eigenvalue weighted by molar-refractivity contribution is 5.73. The summed E-state index contributed by atoms with van der Waals surface area (Å²) in [5, 5.41) is 8.89. The number of hydrogen-bond donors (Lipinski definition) is 4. The second-order valence-corrected chi connectivity index (χ2v) is 5.34. The van der Waals surface area contributed by atoms with Gasteiger partial charge in [-0.15, -0.1) is 0 Å². The zero-order valence-electron chi connectivity index (χ0n) is 14.6. The number of nitrogens with two attached hydrogens (primary N) is 1. The minimum Gasteiger partial charge on any atom is -0.425 e. The summed E-state index contributed by atoms with van der Waals surface area (Å²) in [6, 6.07) is 9.23. The lowest BCUT2D eigenvalue weighted by atomic mass is 10.2. The Kier molecular flexibility index (Phi) is 11.0. The zero-order chi connectivity index (χ0) is 18.3. The van der Waals surface area contributed by atoms with E-state index in [0.717, 1.165) is 25.2 Å². The second kappa shape index (κ2) is 13.2. The summed E-state index contributed by atoms with van der Waals surface area (Å²) in [4.78, 5) is 23.3. The van der Waals surface area contributed by atoms with E-state index in [4.69, 9.17) is 15.2 Å². The van der Waals surface area contributed by atoms with Crippen LogP contribution < -0.4 is 21.7 Å². The van der Waals surface area contributed by atoms with Crippen molar-refractivity contribution in [1.82, 2.24) is 16.0 Å². The number of amides is 1. The lowest BCUT2D eigenvalue weighted by Gasteiger charge is -2.15. The van der Waals surface area contributed by atoms with Crippen LogP contribution in [-0.4, -0.2) is 57.6 Å². The first-order chi connectivity index (χ1) is 12.1. The van der Waals surface area contributed by atoms with Gasteiger partial charge in [-0.2, -0.15) is 0 Å². The Bertz CT molecular complexity index is 499. The van der Waals surface area contributed by atoms with Crippen LogP contribution in [0, 0.1) is 0 Å². The number of hydrogen-bond acceptors (Lipinski definition) is 7. The van der Waals surface area contributed by atoms with Crippen LogP contribution in [0.1, 0.15) is 12.5 Å². The van der Waals surface area contributed by atoms with Gasteiger partial charge in [0.15, 0.2) is 0 Å². The molecule has 1 amide bonds. The minimum atomic E-state index is -0.940. The Morgan fingerprint density at radius 1 is 1.00 bits per heavy atom. The lowest BCUT2D eigenvalue weighted by Crippen LogP contribution is -2.37. The highest BCUT2D eigenvalue weighted by Gasteiger charge is 2.14. The first-order valence-corrected chi connectivity index (χ1v) is 8.41. The van der Waals surface area contributed by atoms with Gasteiger partial charge in [-0.3, -0.25) is 4.79 Å². The summed E-state index contributed by atoms with van der Waals surface area (Å²) in [5.74, 6) is -0.446. The Morgan fingerprint density at radius 2 is 1.64 bits per heavy atom. The molecule has 0 fully saturated rings. The van der Waals surface area contributed by atoms with E-state index < -0.39 is 18.4 Å². The average Bonchev–Trinajstić information content (AvgIpc) is 2.57. The molecule has 1 aromatic rings. The molecule has 1 rings (SSSR count). The van der Waals surface area contributed by atoms with E-state index in [0.29, 0.717) is 19.6 Å². The molecule has 0 spiro atoms. The SMILES string of the molecule is C[C@@H](OC(=O)Cc1ccccc1)OC(=O)NCCNCCNCCN. The van der Waals surface area contributed by atoms with Gasteiger partial charge in [0.05, 0.1) is 6.42 Å². The molecule has 8 heteroatoms. The summed E-state index contributed by atoms with van der Waals surface area (Å²) >= 11 is 0. The van der Waals surface area contributed by atoms with E-state index >= 15 is 0 Å². The molecule has 1 aromatic carbocycles. The van der Waals surface area contributed by atoms with Gasteiger partial charge in [0.1, 0.15) is 0 Å². The molecule has 0 bridgehead atoms. The van der Waals surface area contributed by atoms with Crippen LogP contribution in [0.3, 0.4) is 0 Å². The van der Waals surface area contributed by atoms with Crippen molar-refractivity contribution in [3.63, 3.8) is 0 Å². The summed E-state index contributed by atoms with van der Waals surface area (Å²) in [5.41, 5.74) is 6.20. The maximum absolute atomic E-state index is 11.8. The molecule has 8 nitrogen and oxygen atoms in total. The fraction of sp³-hybridized carbons (Fsp3) is 0.529. The van der Waals surface area contributed by atoms with Gasteiger partial charge in [-0.25, -0.2) is 4.79 Å². The number of benzene rings is 1. The molecule has 0 radical (unpaired) electrons. The molecule has 0 saturated carbocycles. The van der Waals surface area contributed by atoms with Gasteiger partial charge in [0.25, 0.3) is 0 Å². The molecule has 0 heterocycles. The van der Waals surface area contributed by atoms with Crippen LogP contribution in [0.2, 0.25) is 0 Å². The van der Waals surface area contributed by atoms with Crippen LogP contribution in [0.15, 0.2) is 30.3 Å². The molecule has 1 atom stereocenters. The standard InChI is InChI=1S/C17H28N4O4/c1-14(24-16(22)13-15-5-3-2-4-6-15)25-17(23)21-12-11-20-10-9-19-8-7-18/h2-6,14,19-20H,7-13,18H2,1H3,(H,21,23)/t14-/m0/s1. The number of carbonyl (C=O) groups is 2.